The monoisotopic (exact) mass is 426 g/mol. The summed E-state index contributed by atoms with van der Waals surface area (Å²) in [6.45, 7) is 1.99. The predicted octanol–water partition coefficient (Wildman–Crippen LogP) is 3.94. The van der Waals surface area contributed by atoms with Crippen molar-refractivity contribution in [1.82, 2.24) is 9.97 Å². The zero-order chi connectivity index (χ0) is 21.7. The Labute approximate surface area is 175 Å². The van der Waals surface area contributed by atoms with Crippen LogP contribution in [0.5, 0.6) is 0 Å². The summed E-state index contributed by atoms with van der Waals surface area (Å²) in [5, 5.41) is 14.1. The molecular weight excluding hydrogens is 404 g/mol. The summed E-state index contributed by atoms with van der Waals surface area (Å²) in [5.74, 6) is 1.21. The maximum Gasteiger partial charge on any atom is 0.269 e. The molecule has 0 aliphatic rings. The van der Waals surface area contributed by atoms with Crippen molar-refractivity contribution in [2.45, 2.75) is 19.8 Å². The lowest BCUT2D eigenvalue weighted by molar-refractivity contribution is -0.384. The van der Waals surface area contributed by atoms with Gasteiger partial charge in [-0.05, 0) is 42.7 Å². The lowest BCUT2D eigenvalue weighted by Crippen LogP contribution is -2.05. The van der Waals surface area contributed by atoms with E-state index in [1.165, 1.54) is 18.4 Å². The lowest BCUT2D eigenvalue weighted by atomic mass is 10.1. The number of nitrogens with zero attached hydrogens (tertiary/aromatic N) is 3. The number of nitrogens with one attached hydrogen (secondary N) is 1. The van der Waals surface area contributed by atoms with Gasteiger partial charge in [0.25, 0.3) is 5.69 Å². The largest absolute Gasteiger partial charge is 0.340 e. The van der Waals surface area contributed by atoms with Crippen molar-refractivity contribution in [3.63, 3.8) is 0 Å². The molecule has 3 rings (SSSR count). The molecule has 2 aromatic carbocycles. The Morgan fingerprint density at radius 3 is 2.27 bits per heavy atom. The molecule has 1 N–H and O–H groups in total. The number of hydrogen-bond donors (Lipinski definition) is 1. The first-order chi connectivity index (χ1) is 14.2. The van der Waals surface area contributed by atoms with Crippen molar-refractivity contribution in [3.8, 4) is 11.4 Å². The van der Waals surface area contributed by atoms with Crippen molar-refractivity contribution >= 4 is 27.0 Å². The van der Waals surface area contributed by atoms with Crippen LogP contribution in [0.25, 0.3) is 11.4 Å². The van der Waals surface area contributed by atoms with Crippen LogP contribution in [0.4, 0.5) is 17.2 Å². The zero-order valence-electron chi connectivity index (χ0n) is 16.7. The Hall–Kier alpha value is -3.33. The number of aryl methyl sites for hydroxylation is 2. The van der Waals surface area contributed by atoms with Crippen LogP contribution in [0, 0.1) is 10.1 Å². The van der Waals surface area contributed by atoms with Crippen molar-refractivity contribution in [2.75, 3.05) is 17.3 Å². The highest BCUT2D eigenvalue weighted by Crippen LogP contribution is 2.23. The highest BCUT2D eigenvalue weighted by atomic mass is 32.2. The van der Waals surface area contributed by atoms with E-state index in [9.17, 15) is 18.5 Å². The summed E-state index contributed by atoms with van der Waals surface area (Å²) in [6, 6.07) is 15.5. The first-order valence-corrected chi connectivity index (χ1v) is 11.5. The molecule has 0 unspecified atom stereocenters. The molecule has 1 aromatic heterocycles. The summed E-state index contributed by atoms with van der Waals surface area (Å²) in [6.07, 6.45) is 2.41. The summed E-state index contributed by atoms with van der Waals surface area (Å²) >= 11 is 0. The number of nitro benzene ring substituents is 1. The van der Waals surface area contributed by atoms with Crippen LogP contribution in [-0.2, 0) is 22.7 Å². The highest BCUT2D eigenvalue weighted by Gasteiger charge is 2.10. The highest BCUT2D eigenvalue weighted by molar-refractivity contribution is 7.90. The second kappa shape index (κ2) is 9.00. The standard InChI is InChI=1S/C21H22N4O4S/c1-3-17-14-20(22-18-8-4-15(5-9-18)12-13-30(2,28)29)24-21(23-17)16-6-10-19(11-7-16)25(26)27/h4-11,14H,3,12-13H2,1-2H3,(H,22,23,24). The number of rotatable bonds is 8. The molecule has 3 aromatic rings. The minimum Gasteiger partial charge on any atom is -0.340 e. The van der Waals surface area contributed by atoms with E-state index in [0.717, 1.165) is 16.9 Å². The number of anilines is 2. The molecule has 156 valence electrons. The smallest absolute Gasteiger partial charge is 0.269 e. The molecule has 1 heterocycles. The van der Waals surface area contributed by atoms with Crippen LogP contribution in [0.1, 0.15) is 18.2 Å². The quantitative estimate of drug-likeness (QED) is 0.428. The molecule has 0 spiro atoms. The van der Waals surface area contributed by atoms with Crippen molar-refractivity contribution in [1.29, 1.82) is 0 Å². The first-order valence-electron chi connectivity index (χ1n) is 9.40. The number of benzene rings is 2. The van der Waals surface area contributed by atoms with E-state index in [0.29, 0.717) is 30.0 Å². The molecule has 0 saturated heterocycles. The summed E-state index contributed by atoms with van der Waals surface area (Å²) in [7, 11) is -3.00. The van der Waals surface area contributed by atoms with E-state index in [4.69, 9.17) is 0 Å². The Bertz CT molecular complexity index is 1140. The zero-order valence-corrected chi connectivity index (χ0v) is 17.5. The molecule has 0 saturated carbocycles. The van der Waals surface area contributed by atoms with Crippen molar-refractivity contribution < 1.29 is 13.3 Å². The van der Waals surface area contributed by atoms with Gasteiger partial charge in [-0.25, -0.2) is 18.4 Å². The van der Waals surface area contributed by atoms with E-state index >= 15 is 0 Å². The Balaban J connectivity index is 1.80. The van der Waals surface area contributed by atoms with Crippen molar-refractivity contribution in [3.05, 3.63) is 76.0 Å². The minimum absolute atomic E-state index is 0.0136. The predicted molar refractivity (Wildman–Crippen MR) is 117 cm³/mol. The van der Waals surface area contributed by atoms with Gasteiger partial charge in [0.1, 0.15) is 15.7 Å². The third-order valence-electron chi connectivity index (χ3n) is 4.47. The van der Waals surface area contributed by atoms with Crippen LogP contribution in [-0.4, -0.2) is 35.3 Å². The fourth-order valence-electron chi connectivity index (χ4n) is 2.81. The average molecular weight is 426 g/mol. The third kappa shape index (κ3) is 5.84. The van der Waals surface area contributed by atoms with Gasteiger partial charge in [0, 0.05) is 41.4 Å². The molecule has 0 fully saturated rings. The molecule has 30 heavy (non-hydrogen) atoms. The second-order valence-electron chi connectivity index (χ2n) is 6.93. The minimum atomic E-state index is -3.00. The van der Waals surface area contributed by atoms with Crippen LogP contribution >= 0.6 is 0 Å². The average Bonchev–Trinajstić information content (AvgIpc) is 2.72. The molecule has 8 nitrogen and oxygen atoms in total. The van der Waals surface area contributed by atoms with Crippen molar-refractivity contribution in [2.24, 2.45) is 0 Å². The maximum atomic E-state index is 11.3. The van der Waals surface area contributed by atoms with Crippen LogP contribution in [0.15, 0.2) is 54.6 Å². The number of nitro groups is 1. The first kappa shape index (κ1) is 21.4. The fraction of sp³-hybridized carbons (Fsp3) is 0.238. The molecule has 0 radical (unpaired) electrons. The number of aromatic nitrogens is 2. The second-order valence-corrected chi connectivity index (χ2v) is 9.19. The van der Waals surface area contributed by atoms with E-state index in [1.807, 2.05) is 37.3 Å². The van der Waals surface area contributed by atoms with E-state index in [-0.39, 0.29) is 11.4 Å². The third-order valence-corrected chi connectivity index (χ3v) is 5.41. The van der Waals surface area contributed by atoms with Crippen LogP contribution < -0.4 is 5.32 Å². The van der Waals surface area contributed by atoms with Gasteiger partial charge in [-0.2, -0.15) is 0 Å². The summed E-state index contributed by atoms with van der Waals surface area (Å²) in [4.78, 5) is 19.5. The van der Waals surface area contributed by atoms with Gasteiger partial charge in [0.05, 0.1) is 10.7 Å². The topological polar surface area (TPSA) is 115 Å². The Morgan fingerprint density at radius 1 is 1.03 bits per heavy atom. The van der Waals surface area contributed by atoms with Gasteiger partial charge in [-0.3, -0.25) is 10.1 Å². The Morgan fingerprint density at radius 2 is 1.70 bits per heavy atom. The van der Waals surface area contributed by atoms with Gasteiger partial charge in [-0.15, -0.1) is 0 Å². The van der Waals surface area contributed by atoms with Crippen LogP contribution in [0.2, 0.25) is 0 Å². The number of non-ortho nitro benzene ring substituents is 1. The van der Waals surface area contributed by atoms with E-state index in [1.54, 1.807) is 12.1 Å². The van der Waals surface area contributed by atoms with E-state index in [2.05, 4.69) is 15.3 Å². The molecule has 0 bridgehead atoms. The number of sulfone groups is 1. The maximum absolute atomic E-state index is 11.3. The normalized spacial score (nSPS) is 11.3. The van der Waals surface area contributed by atoms with Gasteiger partial charge in [0.15, 0.2) is 5.82 Å². The molecular formula is C21H22N4O4S. The van der Waals surface area contributed by atoms with E-state index < -0.39 is 14.8 Å². The molecule has 0 atom stereocenters. The molecule has 0 aliphatic carbocycles. The molecule has 0 aliphatic heterocycles. The summed E-state index contributed by atoms with van der Waals surface area (Å²) in [5.41, 5.74) is 3.29. The molecule has 9 heteroatoms. The number of hydrogen-bond acceptors (Lipinski definition) is 7. The van der Waals surface area contributed by atoms with Gasteiger partial charge >= 0.3 is 0 Å². The van der Waals surface area contributed by atoms with Gasteiger partial charge < -0.3 is 5.32 Å². The fourth-order valence-corrected chi connectivity index (χ4v) is 3.42. The van der Waals surface area contributed by atoms with Gasteiger partial charge in [0.2, 0.25) is 0 Å². The Kier molecular flexibility index (Phi) is 6.41. The SMILES string of the molecule is CCc1cc(Nc2ccc(CCS(C)(=O)=O)cc2)nc(-c2ccc([N+](=O)[O-])cc2)n1. The lowest BCUT2D eigenvalue weighted by Gasteiger charge is -2.10. The van der Waals surface area contributed by atoms with Gasteiger partial charge in [-0.1, -0.05) is 19.1 Å². The molecule has 0 amide bonds. The summed E-state index contributed by atoms with van der Waals surface area (Å²) < 4.78 is 22.6. The van der Waals surface area contributed by atoms with Crippen LogP contribution in [0.3, 0.4) is 0 Å².